The van der Waals surface area contributed by atoms with Crippen molar-refractivity contribution in [3.63, 3.8) is 0 Å². The smallest absolute Gasteiger partial charge is 0.261 e. The number of hydrogen-bond acceptors (Lipinski definition) is 2. The largest absolute Gasteiger partial charge is 0.372 e. The highest BCUT2D eigenvalue weighted by atomic mass is 16.3. The Morgan fingerprint density at radius 3 is 1.64 bits per heavy atom. The first-order chi connectivity index (χ1) is 12.1. The molecular formula is C22H21NO2. The van der Waals surface area contributed by atoms with E-state index in [1.165, 1.54) is 0 Å². The van der Waals surface area contributed by atoms with E-state index in [1.54, 1.807) is 24.3 Å². The van der Waals surface area contributed by atoms with Crippen LogP contribution in [0.15, 0.2) is 91.0 Å². The Balaban J connectivity index is 1.96. The lowest BCUT2D eigenvalue weighted by Gasteiger charge is -2.29. The van der Waals surface area contributed by atoms with Crippen LogP contribution in [-0.4, -0.2) is 11.0 Å². The average Bonchev–Trinajstić information content (AvgIpc) is 2.69. The van der Waals surface area contributed by atoms with Gasteiger partial charge in [0.1, 0.15) is 0 Å². The quantitative estimate of drug-likeness (QED) is 0.747. The molecule has 3 heteroatoms. The summed E-state index contributed by atoms with van der Waals surface area (Å²) in [7, 11) is 0. The summed E-state index contributed by atoms with van der Waals surface area (Å²) >= 11 is 0. The maximum atomic E-state index is 13.1. The minimum atomic E-state index is -1.74. The molecule has 0 saturated heterocycles. The summed E-state index contributed by atoms with van der Waals surface area (Å²) in [4.78, 5) is 13.1. The van der Waals surface area contributed by atoms with Gasteiger partial charge in [-0.3, -0.25) is 4.79 Å². The minimum Gasteiger partial charge on any atom is -0.372 e. The van der Waals surface area contributed by atoms with Crippen molar-refractivity contribution in [2.24, 2.45) is 0 Å². The van der Waals surface area contributed by atoms with Gasteiger partial charge in [-0.1, -0.05) is 91.0 Å². The van der Waals surface area contributed by atoms with E-state index in [0.717, 1.165) is 5.56 Å². The number of nitrogens with one attached hydrogen (secondary N) is 1. The molecule has 0 unspecified atom stereocenters. The Hall–Kier alpha value is -2.91. The molecule has 0 aromatic heterocycles. The van der Waals surface area contributed by atoms with Crippen molar-refractivity contribution in [3.8, 4) is 0 Å². The molecule has 3 nitrogen and oxygen atoms in total. The van der Waals surface area contributed by atoms with Crippen LogP contribution in [0.1, 0.15) is 29.7 Å². The molecule has 0 saturated carbocycles. The van der Waals surface area contributed by atoms with Crippen molar-refractivity contribution in [3.05, 3.63) is 108 Å². The lowest BCUT2D eigenvalue weighted by molar-refractivity contribution is -0.137. The second-order valence-electron chi connectivity index (χ2n) is 6.05. The number of amides is 1. The molecule has 0 aliphatic rings. The highest BCUT2D eigenvalue weighted by Crippen LogP contribution is 2.30. The standard InChI is InChI=1S/C22H21NO2/c1-17(18-11-5-2-6-12-18)23-21(24)22(25,19-13-7-3-8-14-19)20-15-9-4-10-16-20/h2-17,25H,1H3,(H,23,24)/t17-/m1/s1. The Morgan fingerprint density at radius 2 is 1.20 bits per heavy atom. The maximum absolute atomic E-state index is 13.1. The first kappa shape index (κ1) is 16.9. The van der Waals surface area contributed by atoms with Crippen molar-refractivity contribution in [1.29, 1.82) is 0 Å². The number of carbonyl (C=O) groups excluding carboxylic acids is 1. The van der Waals surface area contributed by atoms with Crippen molar-refractivity contribution in [2.45, 2.75) is 18.6 Å². The molecule has 0 heterocycles. The molecule has 0 spiro atoms. The predicted molar refractivity (Wildman–Crippen MR) is 98.9 cm³/mol. The summed E-state index contributed by atoms with van der Waals surface area (Å²) in [5, 5.41) is 14.4. The number of aliphatic hydroxyl groups is 1. The van der Waals surface area contributed by atoms with E-state index < -0.39 is 11.5 Å². The number of rotatable bonds is 5. The normalized spacial score (nSPS) is 12.4. The topological polar surface area (TPSA) is 49.3 Å². The van der Waals surface area contributed by atoms with E-state index in [-0.39, 0.29) is 6.04 Å². The molecule has 0 radical (unpaired) electrons. The van der Waals surface area contributed by atoms with Crippen molar-refractivity contribution in [2.75, 3.05) is 0 Å². The fourth-order valence-corrected chi connectivity index (χ4v) is 2.91. The van der Waals surface area contributed by atoms with Gasteiger partial charge >= 0.3 is 0 Å². The van der Waals surface area contributed by atoms with Crippen LogP contribution in [0.3, 0.4) is 0 Å². The maximum Gasteiger partial charge on any atom is 0.261 e. The molecule has 126 valence electrons. The molecule has 1 amide bonds. The van der Waals surface area contributed by atoms with Gasteiger partial charge in [-0.25, -0.2) is 0 Å². The van der Waals surface area contributed by atoms with Crippen LogP contribution < -0.4 is 5.32 Å². The number of benzene rings is 3. The third kappa shape index (κ3) is 3.47. The molecule has 0 fully saturated rings. The van der Waals surface area contributed by atoms with Gasteiger partial charge in [-0.15, -0.1) is 0 Å². The predicted octanol–water partition coefficient (Wildman–Crippen LogP) is 3.80. The van der Waals surface area contributed by atoms with Gasteiger partial charge < -0.3 is 10.4 Å². The summed E-state index contributed by atoms with van der Waals surface area (Å²) in [5.41, 5.74) is 0.322. The third-order valence-corrected chi connectivity index (χ3v) is 4.36. The van der Waals surface area contributed by atoms with Gasteiger partial charge in [0.2, 0.25) is 0 Å². The van der Waals surface area contributed by atoms with Gasteiger partial charge in [-0.05, 0) is 23.6 Å². The van der Waals surface area contributed by atoms with E-state index in [2.05, 4.69) is 5.32 Å². The fourth-order valence-electron chi connectivity index (χ4n) is 2.91. The summed E-state index contributed by atoms with van der Waals surface area (Å²) in [6.45, 7) is 1.91. The van der Waals surface area contributed by atoms with Crippen LogP contribution in [0, 0.1) is 0 Å². The molecule has 0 bridgehead atoms. The molecule has 3 aromatic rings. The summed E-state index contributed by atoms with van der Waals surface area (Å²) < 4.78 is 0. The van der Waals surface area contributed by atoms with Crippen LogP contribution in [0.2, 0.25) is 0 Å². The average molecular weight is 331 g/mol. The first-order valence-corrected chi connectivity index (χ1v) is 8.31. The SMILES string of the molecule is C[C@@H](NC(=O)C(O)(c1ccccc1)c1ccccc1)c1ccccc1. The summed E-state index contributed by atoms with van der Waals surface area (Å²) in [6, 6.07) is 27.5. The summed E-state index contributed by atoms with van der Waals surface area (Å²) in [5.74, 6) is -0.443. The Labute approximate surface area is 148 Å². The molecule has 3 rings (SSSR count). The first-order valence-electron chi connectivity index (χ1n) is 8.31. The lowest BCUT2D eigenvalue weighted by atomic mass is 9.85. The van der Waals surface area contributed by atoms with E-state index in [9.17, 15) is 9.90 Å². The zero-order chi connectivity index (χ0) is 17.7. The Morgan fingerprint density at radius 1 is 0.800 bits per heavy atom. The monoisotopic (exact) mass is 331 g/mol. The van der Waals surface area contributed by atoms with Gasteiger partial charge in [0.05, 0.1) is 6.04 Å². The van der Waals surface area contributed by atoms with Crippen molar-refractivity contribution in [1.82, 2.24) is 5.32 Å². The second-order valence-corrected chi connectivity index (χ2v) is 6.05. The molecule has 0 aliphatic carbocycles. The minimum absolute atomic E-state index is 0.215. The highest BCUT2D eigenvalue weighted by Gasteiger charge is 2.40. The van der Waals surface area contributed by atoms with Crippen LogP contribution in [0.4, 0.5) is 0 Å². The third-order valence-electron chi connectivity index (χ3n) is 4.36. The van der Waals surface area contributed by atoms with E-state index >= 15 is 0 Å². The zero-order valence-corrected chi connectivity index (χ0v) is 14.1. The van der Waals surface area contributed by atoms with Gasteiger partial charge in [-0.2, -0.15) is 0 Å². The number of hydrogen-bond donors (Lipinski definition) is 2. The van der Waals surface area contributed by atoms with E-state index in [0.29, 0.717) is 11.1 Å². The second kappa shape index (κ2) is 7.32. The van der Waals surface area contributed by atoms with Crippen molar-refractivity contribution < 1.29 is 9.90 Å². The molecule has 25 heavy (non-hydrogen) atoms. The van der Waals surface area contributed by atoms with Gasteiger partial charge in [0.15, 0.2) is 5.60 Å². The lowest BCUT2D eigenvalue weighted by Crippen LogP contribution is -2.46. The molecule has 2 N–H and O–H groups in total. The Kier molecular flexibility index (Phi) is 4.96. The van der Waals surface area contributed by atoms with Crippen LogP contribution >= 0.6 is 0 Å². The van der Waals surface area contributed by atoms with Crippen LogP contribution in [-0.2, 0) is 10.4 Å². The van der Waals surface area contributed by atoms with Gasteiger partial charge in [0.25, 0.3) is 5.91 Å². The van der Waals surface area contributed by atoms with Gasteiger partial charge in [0, 0.05) is 0 Å². The fraction of sp³-hybridized carbons (Fsp3) is 0.136. The molecule has 3 aromatic carbocycles. The highest BCUT2D eigenvalue weighted by molar-refractivity contribution is 5.90. The van der Waals surface area contributed by atoms with E-state index in [4.69, 9.17) is 0 Å². The molecule has 1 atom stereocenters. The summed E-state index contributed by atoms with van der Waals surface area (Å²) in [6.07, 6.45) is 0. The van der Waals surface area contributed by atoms with E-state index in [1.807, 2.05) is 73.7 Å². The zero-order valence-electron chi connectivity index (χ0n) is 14.1. The Bertz CT molecular complexity index is 777. The van der Waals surface area contributed by atoms with Crippen LogP contribution in [0.5, 0.6) is 0 Å². The van der Waals surface area contributed by atoms with Crippen molar-refractivity contribution >= 4 is 5.91 Å². The van der Waals surface area contributed by atoms with Crippen LogP contribution in [0.25, 0.3) is 0 Å². The number of carbonyl (C=O) groups is 1. The molecule has 0 aliphatic heterocycles. The molecular weight excluding hydrogens is 310 g/mol.